The van der Waals surface area contributed by atoms with Gasteiger partial charge in [-0.05, 0) is 19.1 Å². The summed E-state index contributed by atoms with van der Waals surface area (Å²) in [5.41, 5.74) is 1.05. The quantitative estimate of drug-likeness (QED) is 0.899. The van der Waals surface area contributed by atoms with Gasteiger partial charge in [0, 0.05) is 26.2 Å². The number of H-pyrrole nitrogens is 1. The summed E-state index contributed by atoms with van der Waals surface area (Å²) in [6.45, 7) is 4.01. The molecule has 0 atom stereocenters. The monoisotopic (exact) mass is 307 g/mol. The highest BCUT2D eigenvalue weighted by Gasteiger charge is 2.29. The number of nitrogens with zero attached hydrogens (tertiary/aromatic N) is 4. The molecule has 21 heavy (non-hydrogen) atoms. The lowest BCUT2D eigenvalue weighted by Crippen LogP contribution is -2.49. The van der Waals surface area contributed by atoms with E-state index in [1.54, 1.807) is 12.1 Å². The summed E-state index contributed by atoms with van der Waals surface area (Å²) in [6, 6.07) is 6.95. The van der Waals surface area contributed by atoms with Gasteiger partial charge in [-0.15, -0.1) is 0 Å². The molecule has 0 spiro atoms. The Hall–Kier alpha value is -1.93. The molecule has 0 unspecified atom stereocenters. The fraction of sp³-hybridized carbons (Fsp3) is 0.385. The van der Waals surface area contributed by atoms with Crippen LogP contribution in [-0.2, 0) is 10.0 Å². The maximum Gasteiger partial charge on any atom is 0.243 e. The number of rotatable bonds is 3. The first kappa shape index (κ1) is 14.0. The predicted octanol–water partition coefficient (Wildman–Crippen LogP) is 0.624. The highest BCUT2D eigenvalue weighted by Crippen LogP contribution is 2.19. The van der Waals surface area contributed by atoms with Gasteiger partial charge in [0.2, 0.25) is 16.0 Å². The van der Waals surface area contributed by atoms with Crippen molar-refractivity contribution in [2.24, 2.45) is 0 Å². The lowest BCUT2D eigenvalue weighted by atomic mass is 10.2. The van der Waals surface area contributed by atoms with Crippen LogP contribution in [0.2, 0.25) is 0 Å². The van der Waals surface area contributed by atoms with Gasteiger partial charge in [-0.2, -0.15) is 14.4 Å². The number of hydrogen-bond donors (Lipinski definition) is 1. The molecule has 1 N–H and O–H groups in total. The Morgan fingerprint density at radius 3 is 2.33 bits per heavy atom. The highest BCUT2D eigenvalue weighted by molar-refractivity contribution is 7.89. The minimum absolute atomic E-state index is 0.348. The number of piperazine rings is 1. The molecule has 0 amide bonds. The highest BCUT2D eigenvalue weighted by atomic mass is 32.2. The van der Waals surface area contributed by atoms with Crippen molar-refractivity contribution in [3.05, 3.63) is 36.2 Å². The Bertz CT molecular complexity index is 689. The third-order valence-corrected chi connectivity index (χ3v) is 5.51. The van der Waals surface area contributed by atoms with Gasteiger partial charge in [0.25, 0.3) is 0 Å². The van der Waals surface area contributed by atoms with E-state index in [2.05, 4.69) is 15.2 Å². The summed E-state index contributed by atoms with van der Waals surface area (Å²) in [7, 11) is -3.41. The largest absolute Gasteiger partial charge is 0.339 e. The van der Waals surface area contributed by atoms with E-state index in [4.69, 9.17) is 0 Å². The average Bonchev–Trinajstić information content (AvgIpc) is 3.02. The zero-order chi connectivity index (χ0) is 14.9. The lowest BCUT2D eigenvalue weighted by Gasteiger charge is -2.33. The Morgan fingerprint density at radius 2 is 1.76 bits per heavy atom. The van der Waals surface area contributed by atoms with Crippen LogP contribution >= 0.6 is 0 Å². The molecule has 8 heteroatoms. The van der Waals surface area contributed by atoms with E-state index in [1.807, 2.05) is 24.0 Å². The van der Waals surface area contributed by atoms with Crippen LogP contribution in [0.5, 0.6) is 0 Å². The molecule has 1 aliphatic heterocycles. The molecule has 3 rings (SSSR count). The van der Waals surface area contributed by atoms with Crippen molar-refractivity contribution in [3.63, 3.8) is 0 Å². The first-order valence-corrected chi connectivity index (χ1v) is 8.18. The lowest BCUT2D eigenvalue weighted by molar-refractivity contribution is 0.382. The molecule has 1 saturated heterocycles. The van der Waals surface area contributed by atoms with Gasteiger partial charge in [0.1, 0.15) is 6.33 Å². The number of aromatic amines is 1. The van der Waals surface area contributed by atoms with Crippen molar-refractivity contribution in [1.29, 1.82) is 0 Å². The molecule has 1 aromatic carbocycles. The number of anilines is 1. The van der Waals surface area contributed by atoms with E-state index in [1.165, 1.54) is 10.6 Å². The van der Waals surface area contributed by atoms with Crippen molar-refractivity contribution in [2.75, 3.05) is 31.1 Å². The maximum absolute atomic E-state index is 12.6. The molecule has 1 fully saturated rings. The second-order valence-electron chi connectivity index (χ2n) is 5.01. The smallest absolute Gasteiger partial charge is 0.243 e. The standard InChI is InChI=1S/C13H17N5O2S/c1-11-2-4-12(5-3-11)21(19,20)18-8-6-17(7-9-18)13-14-10-15-16-13/h2-5,10H,6-9H2,1H3,(H,14,15,16). The first-order chi connectivity index (χ1) is 10.1. The Kier molecular flexibility index (Phi) is 3.64. The summed E-state index contributed by atoms with van der Waals surface area (Å²) in [5, 5.41) is 6.61. The number of aromatic nitrogens is 3. The zero-order valence-corrected chi connectivity index (χ0v) is 12.5. The molecule has 1 aromatic heterocycles. The molecule has 2 heterocycles. The van der Waals surface area contributed by atoms with Crippen LogP contribution in [0.15, 0.2) is 35.5 Å². The molecule has 0 radical (unpaired) electrons. The molecule has 2 aromatic rings. The molecule has 0 saturated carbocycles. The Balaban J connectivity index is 1.72. The van der Waals surface area contributed by atoms with Crippen LogP contribution in [0.4, 0.5) is 5.95 Å². The fourth-order valence-electron chi connectivity index (χ4n) is 2.35. The van der Waals surface area contributed by atoms with Gasteiger partial charge in [0.15, 0.2) is 0 Å². The second-order valence-corrected chi connectivity index (χ2v) is 6.95. The van der Waals surface area contributed by atoms with Crippen molar-refractivity contribution in [1.82, 2.24) is 19.5 Å². The first-order valence-electron chi connectivity index (χ1n) is 6.74. The molecule has 112 valence electrons. The normalized spacial score (nSPS) is 17.1. The average molecular weight is 307 g/mol. The van der Waals surface area contributed by atoms with E-state index < -0.39 is 10.0 Å². The Morgan fingerprint density at radius 1 is 1.10 bits per heavy atom. The van der Waals surface area contributed by atoms with Gasteiger partial charge in [-0.1, -0.05) is 17.7 Å². The summed E-state index contributed by atoms with van der Waals surface area (Å²) in [5.74, 6) is 0.683. The van der Waals surface area contributed by atoms with Crippen LogP contribution in [-0.4, -0.2) is 54.1 Å². The fourth-order valence-corrected chi connectivity index (χ4v) is 3.77. The minimum atomic E-state index is -3.41. The summed E-state index contributed by atoms with van der Waals surface area (Å²) in [4.78, 5) is 6.43. The predicted molar refractivity (Wildman–Crippen MR) is 78.5 cm³/mol. The third kappa shape index (κ3) is 2.77. The van der Waals surface area contributed by atoms with E-state index >= 15 is 0 Å². The van der Waals surface area contributed by atoms with Gasteiger partial charge in [-0.25, -0.2) is 13.5 Å². The van der Waals surface area contributed by atoms with Crippen molar-refractivity contribution in [2.45, 2.75) is 11.8 Å². The molecule has 7 nitrogen and oxygen atoms in total. The van der Waals surface area contributed by atoms with Crippen molar-refractivity contribution >= 4 is 16.0 Å². The van der Waals surface area contributed by atoms with Crippen LogP contribution in [0.25, 0.3) is 0 Å². The zero-order valence-electron chi connectivity index (χ0n) is 11.7. The summed E-state index contributed by atoms with van der Waals surface area (Å²) < 4.78 is 26.6. The second kappa shape index (κ2) is 5.45. The van der Waals surface area contributed by atoms with Gasteiger partial charge >= 0.3 is 0 Å². The van der Waals surface area contributed by atoms with Crippen molar-refractivity contribution in [3.8, 4) is 0 Å². The summed E-state index contributed by atoms with van der Waals surface area (Å²) >= 11 is 0. The number of aryl methyl sites for hydroxylation is 1. The maximum atomic E-state index is 12.6. The van der Waals surface area contributed by atoms with Gasteiger partial charge in [0.05, 0.1) is 4.90 Å². The number of sulfonamides is 1. The van der Waals surface area contributed by atoms with Crippen LogP contribution in [0, 0.1) is 6.92 Å². The van der Waals surface area contributed by atoms with Crippen LogP contribution in [0.3, 0.4) is 0 Å². The molecule has 0 bridgehead atoms. The Labute approximate surface area is 123 Å². The van der Waals surface area contributed by atoms with Gasteiger partial charge in [-0.3, -0.25) is 0 Å². The van der Waals surface area contributed by atoms with Crippen LogP contribution < -0.4 is 4.90 Å². The minimum Gasteiger partial charge on any atom is -0.339 e. The third-order valence-electron chi connectivity index (χ3n) is 3.60. The van der Waals surface area contributed by atoms with Crippen LogP contribution in [0.1, 0.15) is 5.56 Å². The number of nitrogens with one attached hydrogen (secondary N) is 1. The number of hydrogen-bond acceptors (Lipinski definition) is 5. The molecule has 1 aliphatic rings. The van der Waals surface area contributed by atoms with Crippen molar-refractivity contribution < 1.29 is 8.42 Å². The summed E-state index contributed by atoms with van der Waals surface area (Å²) in [6.07, 6.45) is 1.45. The van der Waals surface area contributed by atoms with E-state index in [0.29, 0.717) is 37.0 Å². The van der Waals surface area contributed by atoms with E-state index in [-0.39, 0.29) is 0 Å². The topological polar surface area (TPSA) is 82.2 Å². The number of benzene rings is 1. The van der Waals surface area contributed by atoms with Gasteiger partial charge < -0.3 is 4.90 Å². The molecule has 0 aliphatic carbocycles. The van der Waals surface area contributed by atoms with E-state index in [9.17, 15) is 8.42 Å². The SMILES string of the molecule is Cc1ccc(S(=O)(=O)N2CCN(c3ncn[nH]3)CC2)cc1. The molecular formula is C13H17N5O2S. The molecular weight excluding hydrogens is 290 g/mol. The van der Waals surface area contributed by atoms with E-state index in [0.717, 1.165) is 5.56 Å².